The number of halogens is 1. The maximum absolute atomic E-state index is 5.94. The Hall–Kier alpha value is -0.810. The van der Waals surface area contributed by atoms with Gasteiger partial charge in [0.2, 0.25) is 11.8 Å². The monoisotopic (exact) mass is 404 g/mol. The fraction of sp³-hybridized carbons (Fsp3) is 0.579. The van der Waals surface area contributed by atoms with Crippen LogP contribution in [0.2, 0.25) is 0 Å². The molecule has 126 valence electrons. The molecule has 6 rings (SSSR count). The van der Waals surface area contributed by atoms with E-state index in [4.69, 9.17) is 4.42 Å². The Labute approximate surface area is 155 Å². The first-order chi connectivity index (χ1) is 11.7. The number of hydrogen-bond donors (Lipinski definition) is 0. The first-order valence-corrected chi connectivity index (χ1v) is 10.7. The molecule has 1 aromatic carbocycles. The quantitative estimate of drug-likeness (QED) is 0.654. The van der Waals surface area contributed by atoms with Crippen molar-refractivity contribution >= 4 is 27.7 Å². The number of benzene rings is 1. The minimum absolute atomic E-state index is 0.497. The normalized spacial score (nSPS) is 34.0. The molecular formula is C19H21BrN2OS. The largest absolute Gasteiger partial charge is 0.420 e. The van der Waals surface area contributed by atoms with Crippen LogP contribution in [-0.4, -0.2) is 14.9 Å². The van der Waals surface area contributed by atoms with Crippen LogP contribution in [0.15, 0.2) is 33.2 Å². The highest BCUT2D eigenvalue weighted by atomic mass is 79.9. The summed E-state index contributed by atoms with van der Waals surface area (Å²) in [6, 6.07) is 8.00. The van der Waals surface area contributed by atoms with Crippen molar-refractivity contribution in [2.75, 3.05) is 0 Å². The molecule has 0 atom stereocenters. The van der Waals surface area contributed by atoms with Gasteiger partial charge >= 0.3 is 0 Å². The zero-order chi connectivity index (χ0) is 16.1. The van der Waals surface area contributed by atoms with Gasteiger partial charge in [-0.15, -0.1) is 22.0 Å². The molecule has 5 heteroatoms. The van der Waals surface area contributed by atoms with Crippen LogP contribution < -0.4 is 0 Å². The lowest BCUT2D eigenvalue weighted by Crippen LogP contribution is -2.48. The van der Waals surface area contributed by atoms with Crippen molar-refractivity contribution in [1.29, 1.82) is 0 Å². The van der Waals surface area contributed by atoms with E-state index in [2.05, 4.69) is 37.9 Å². The van der Waals surface area contributed by atoms with Crippen molar-refractivity contribution in [3.05, 3.63) is 34.6 Å². The molecule has 1 heterocycles. The lowest BCUT2D eigenvalue weighted by Gasteiger charge is -2.56. The van der Waals surface area contributed by atoms with E-state index in [0.717, 1.165) is 39.4 Å². The van der Waals surface area contributed by atoms with Crippen molar-refractivity contribution in [1.82, 2.24) is 10.2 Å². The van der Waals surface area contributed by atoms with E-state index in [1.807, 2.05) is 24.3 Å². The molecule has 0 radical (unpaired) electrons. The Morgan fingerprint density at radius 3 is 2.38 bits per heavy atom. The Morgan fingerprint density at radius 1 is 1.04 bits per heavy atom. The van der Waals surface area contributed by atoms with Crippen LogP contribution in [0.1, 0.15) is 44.4 Å². The average molecular weight is 405 g/mol. The first-order valence-electron chi connectivity index (χ1n) is 8.90. The zero-order valence-electron chi connectivity index (χ0n) is 13.6. The summed E-state index contributed by atoms with van der Waals surface area (Å²) in [4.78, 5) is 0. The number of aromatic nitrogens is 2. The highest BCUT2D eigenvalue weighted by molar-refractivity contribution is 9.10. The van der Waals surface area contributed by atoms with E-state index in [-0.39, 0.29) is 0 Å². The number of hydrogen-bond acceptors (Lipinski definition) is 4. The molecule has 0 spiro atoms. The summed E-state index contributed by atoms with van der Waals surface area (Å²) in [7, 11) is 0. The third-order valence-corrected chi connectivity index (χ3v) is 8.25. The third kappa shape index (κ3) is 2.74. The SMILES string of the molecule is Brc1ccccc1-c1nnc(CSC23CC4CC(CC(C4)C2)C3)o1. The van der Waals surface area contributed by atoms with Gasteiger partial charge in [0.15, 0.2) is 0 Å². The van der Waals surface area contributed by atoms with Gasteiger partial charge in [-0.05, 0) is 84.3 Å². The molecule has 0 saturated heterocycles. The van der Waals surface area contributed by atoms with Crippen molar-refractivity contribution in [2.24, 2.45) is 17.8 Å². The third-order valence-electron chi connectivity index (χ3n) is 6.05. The summed E-state index contributed by atoms with van der Waals surface area (Å²) in [5.41, 5.74) is 0.969. The minimum Gasteiger partial charge on any atom is -0.420 e. The molecule has 4 aliphatic carbocycles. The van der Waals surface area contributed by atoms with E-state index in [1.165, 1.54) is 38.5 Å². The van der Waals surface area contributed by atoms with Crippen molar-refractivity contribution < 1.29 is 4.42 Å². The van der Waals surface area contributed by atoms with Crippen LogP contribution >= 0.6 is 27.7 Å². The van der Waals surface area contributed by atoms with Gasteiger partial charge in [-0.25, -0.2) is 0 Å². The van der Waals surface area contributed by atoms with Crippen molar-refractivity contribution in [3.63, 3.8) is 0 Å². The molecule has 3 nitrogen and oxygen atoms in total. The Morgan fingerprint density at radius 2 is 1.71 bits per heavy atom. The standard InChI is InChI=1S/C19H21BrN2OS/c20-16-4-2-1-3-15(16)18-22-21-17(23-18)11-24-19-8-12-5-13(9-19)7-14(6-12)10-19/h1-4,12-14H,5-11H2. The van der Waals surface area contributed by atoms with Crippen LogP contribution in [0.3, 0.4) is 0 Å². The minimum atomic E-state index is 0.497. The van der Waals surface area contributed by atoms with Gasteiger partial charge in [0.1, 0.15) is 0 Å². The van der Waals surface area contributed by atoms with E-state index < -0.39 is 0 Å². The molecular weight excluding hydrogens is 384 g/mol. The Kier molecular flexibility index (Phi) is 3.78. The molecule has 0 N–H and O–H groups in total. The Bertz CT molecular complexity index is 724. The summed E-state index contributed by atoms with van der Waals surface area (Å²) < 4.78 is 7.43. The van der Waals surface area contributed by atoms with Gasteiger partial charge in [-0.2, -0.15) is 0 Å². The van der Waals surface area contributed by atoms with E-state index in [0.29, 0.717) is 10.6 Å². The average Bonchev–Trinajstić information content (AvgIpc) is 3.01. The van der Waals surface area contributed by atoms with Gasteiger partial charge in [0.25, 0.3) is 0 Å². The first kappa shape index (κ1) is 15.4. The lowest BCUT2D eigenvalue weighted by atomic mass is 9.56. The van der Waals surface area contributed by atoms with Gasteiger partial charge in [0.05, 0.1) is 11.3 Å². The number of rotatable bonds is 4. The molecule has 2 aromatic rings. The summed E-state index contributed by atoms with van der Waals surface area (Å²) in [5.74, 6) is 5.20. The van der Waals surface area contributed by atoms with Crippen molar-refractivity contribution in [2.45, 2.75) is 49.0 Å². The smallest absolute Gasteiger partial charge is 0.248 e. The zero-order valence-corrected chi connectivity index (χ0v) is 16.0. The lowest BCUT2D eigenvalue weighted by molar-refractivity contribution is 0.0382. The highest BCUT2D eigenvalue weighted by Crippen LogP contribution is 2.61. The maximum Gasteiger partial charge on any atom is 0.248 e. The van der Waals surface area contributed by atoms with E-state index in [9.17, 15) is 0 Å². The summed E-state index contributed by atoms with van der Waals surface area (Å²) in [6.07, 6.45) is 8.71. The van der Waals surface area contributed by atoms with Crippen LogP contribution in [0.5, 0.6) is 0 Å². The van der Waals surface area contributed by atoms with Crippen LogP contribution in [0.4, 0.5) is 0 Å². The van der Waals surface area contributed by atoms with Crippen LogP contribution in [-0.2, 0) is 5.75 Å². The summed E-state index contributed by atoms with van der Waals surface area (Å²) >= 11 is 5.65. The van der Waals surface area contributed by atoms with E-state index >= 15 is 0 Å². The topological polar surface area (TPSA) is 38.9 Å². The molecule has 1 aromatic heterocycles. The molecule has 0 aliphatic heterocycles. The van der Waals surface area contributed by atoms with Gasteiger partial charge < -0.3 is 4.42 Å². The Balaban J connectivity index is 1.30. The van der Waals surface area contributed by atoms with Gasteiger partial charge in [-0.1, -0.05) is 12.1 Å². The van der Waals surface area contributed by atoms with Crippen LogP contribution in [0.25, 0.3) is 11.5 Å². The predicted molar refractivity (Wildman–Crippen MR) is 99.6 cm³/mol. The highest BCUT2D eigenvalue weighted by Gasteiger charge is 2.51. The number of thioether (sulfide) groups is 1. The maximum atomic E-state index is 5.94. The van der Waals surface area contributed by atoms with Gasteiger partial charge in [0, 0.05) is 9.22 Å². The second kappa shape index (κ2) is 5.87. The molecule has 4 saturated carbocycles. The molecule has 0 unspecified atom stereocenters. The van der Waals surface area contributed by atoms with Crippen molar-refractivity contribution in [3.8, 4) is 11.5 Å². The summed E-state index contributed by atoms with van der Waals surface area (Å²) in [6.45, 7) is 0. The van der Waals surface area contributed by atoms with Gasteiger partial charge in [-0.3, -0.25) is 0 Å². The fourth-order valence-electron chi connectivity index (χ4n) is 5.48. The molecule has 4 aliphatic rings. The second-order valence-corrected chi connectivity index (χ2v) is 10.2. The molecule has 4 bridgehead atoms. The summed E-state index contributed by atoms with van der Waals surface area (Å²) in [5, 5.41) is 8.54. The molecule has 24 heavy (non-hydrogen) atoms. The fourth-order valence-corrected chi connectivity index (χ4v) is 7.54. The predicted octanol–water partition coefficient (Wildman–Crippen LogP) is 5.70. The molecule has 0 amide bonds. The molecule has 4 fully saturated rings. The number of nitrogens with zero attached hydrogens (tertiary/aromatic N) is 2. The van der Waals surface area contributed by atoms with E-state index in [1.54, 1.807) is 0 Å². The second-order valence-electron chi connectivity index (χ2n) is 7.87. The van der Waals surface area contributed by atoms with Crippen LogP contribution in [0, 0.1) is 17.8 Å².